The lowest BCUT2D eigenvalue weighted by atomic mass is 9.92. The SMILES string of the molecule is c1ccc2c(c1)Oc1cccc3cc(-c4ccc(-c5ccc6c(c5)oc5ccccc56)s4)cc-2c13. The van der Waals surface area contributed by atoms with Gasteiger partial charge in [-0.2, -0.15) is 0 Å². The minimum atomic E-state index is 0.913. The van der Waals surface area contributed by atoms with E-state index in [9.17, 15) is 0 Å². The van der Waals surface area contributed by atoms with Crippen molar-refractivity contribution < 1.29 is 9.15 Å². The molecule has 0 saturated carbocycles. The molecule has 2 nitrogen and oxygen atoms in total. The van der Waals surface area contributed by atoms with Gasteiger partial charge in [0.2, 0.25) is 0 Å². The first kappa shape index (κ1) is 19.0. The summed E-state index contributed by atoms with van der Waals surface area (Å²) in [6.07, 6.45) is 0. The number of para-hydroxylation sites is 2. The van der Waals surface area contributed by atoms with E-state index in [1.54, 1.807) is 0 Å². The lowest BCUT2D eigenvalue weighted by Crippen LogP contribution is -1.97. The van der Waals surface area contributed by atoms with Crippen LogP contribution in [0.1, 0.15) is 0 Å². The molecule has 0 radical (unpaired) electrons. The molecule has 0 aliphatic carbocycles. The third kappa shape index (κ3) is 2.82. The predicted molar refractivity (Wildman–Crippen MR) is 145 cm³/mol. The van der Waals surface area contributed by atoms with Crippen LogP contribution in [0.5, 0.6) is 11.5 Å². The Kier molecular flexibility index (Phi) is 3.85. The van der Waals surface area contributed by atoms with Gasteiger partial charge in [0.15, 0.2) is 0 Å². The van der Waals surface area contributed by atoms with Crippen LogP contribution in [0.4, 0.5) is 0 Å². The molecule has 1 aliphatic heterocycles. The molecule has 3 heteroatoms. The van der Waals surface area contributed by atoms with Crippen LogP contribution in [0.3, 0.4) is 0 Å². The van der Waals surface area contributed by atoms with Crippen LogP contribution in [-0.2, 0) is 0 Å². The van der Waals surface area contributed by atoms with E-state index in [-0.39, 0.29) is 0 Å². The number of hydrogen-bond donors (Lipinski definition) is 0. The van der Waals surface area contributed by atoms with Crippen molar-refractivity contribution in [1.29, 1.82) is 0 Å². The highest BCUT2D eigenvalue weighted by atomic mass is 32.1. The molecule has 0 N–H and O–H groups in total. The number of furan rings is 1. The number of ether oxygens (including phenoxy) is 1. The van der Waals surface area contributed by atoms with Crippen LogP contribution in [0.25, 0.3) is 64.7 Å². The third-order valence-electron chi connectivity index (χ3n) is 6.89. The third-order valence-corrected chi connectivity index (χ3v) is 8.07. The normalized spacial score (nSPS) is 12.2. The smallest absolute Gasteiger partial charge is 0.136 e. The second-order valence-corrected chi connectivity index (χ2v) is 10.0. The van der Waals surface area contributed by atoms with Gasteiger partial charge >= 0.3 is 0 Å². The zero-order valence-electron chi connectivity index (χ0n) is 18.6. The second kappa shape index (κ2) is 7.08. The standard InChI is InChI=1S/C32H18O2S/c1-3-9-26-22(7-1)24-13-12-19(18-29(24)34-26)30-14-15-31(35-30)21-16-20-6-5-11-28-32(20)25(17-21)23-8-2-4-10-27(23)33-28/h1-18H. The van der Waals surface area contributed by atoms with E-state index in [1.165, 1.54) is 37.2 Å². The molecule has 0 saturated heterocycles. The summed E-state index contributed by atoms with van der Waals surface area (Å²) in [6, 6.07) is 38.4. The summed E-state index contributed by atoms with van der Waals surface area (Å²) in [5.74, 6) is 1.84. The first-order chi connectivity index (χ1) is 17.3. The Hall–Kier alpha value is -4.34. The average molecular weight is 467 g/mol. The molecule has 35 heavy (non-hydrogen) atoms. The largest absolute Gasteiger partial charge is 0.456 e. The summed E-state index contributed by atoms with van der Waals surface area (Å²) >= 11 is 1.81. The fraction of sp³-hybridized carbons (Fsp3) is 0. The first-order valence-electron chi connectivity index (χ1n) is 11.7. The van der Waals surface area contributed by atoms with Crippen molar-refractivity contribution in [3.05, 3.63) is 109 Å². The zero-order chi connectivity index (χ0) is 22.9. The maximum absolute atomic E-state index is 6.21. The summed E-state index contributed by atoms with van der Waals surface area (Å²) < 4.78 is 12.3. The quantitative estimate of drug-likeness (QED) is 0.253. The highest BCUT2D eigenvalue weighted by molar-refractivity contribution is 7.18. The highest BCUT2D eigenvalue weighted by Gasteiger charge is 2.21. The molecule has 7 aromatic rings. The Morgan fingerprint density at radius 1 is 0.514 bits per heavy atom. The van der Waals surface area contributed by atoms with Crippen LogP contribution in [0.2, 0.25) is 0 Å². The van der Waals surface area contributed by atoms with E-state index in [4.69, 9.17) is 9.15 Å². The van der Waals surface area contributed by atoms with Crippen LogP contribution in [0.15, 0.2) is 114 Å². The van der Waals surface area contributed by atoms with Gasteiger partial charge in [0, 0.05) is 31.5 Å². The molecule has 0 unspecified atom stereocenters. The van der Waals surface area contributed by atoms with Gasteiger partial charge < -0.3 is 9.15 Å². The Bertz CT molecular complexity index is 1940. The Morgan fingerprint density at radius 2 is 1.31 bits per heavy atom. The molecule has 0 fully saturated rings. The van der Waals surface area contributed by atoms with Gasteiger partial charge in [-0.05, 0) is 76.7 Å². The summed E-state index contributed by atoms with van der Waals surface area (Å²) in [4.78, 5) is 2.48. The van der Waals surface area contributed by atoms with Gasteiger partial charge in [-0.15, -0.1) is 11.3 Å². The van der Waals surface area contributed by atoms with Crippen molar-refractivity contribution in [2.24, 2.45) is 0 Å². The van der Waals surface area contributed by atoms with E-state index < -0.39 is 0 Å². The lowest BCUT2D eigenvalue weighted by Gasteiger charge is -2.21. The second-order valence-electron chi connectivity index (χ2n) is 8.95. The molecule has 0 spiro atoms. The van der Waals surface area contributed by atoms with Gasteiger partial charge in [0.25, 0.3) is 0 Å². The number of benzene rings is 5. The van der Waals surface area contributed by atoms with E-state index in [0.29, 0.717) is 0 Å². The van der Waals surface area contributed by atoms with E-state index in [1.807, 2.05) is 35.6 Å². The zero-order valence-corrected chi connectivity index (χ0v) is 19.4. The van der Waals surface area contributed by atoms with Crippen LogP contribution < -0.4 is 4.74 Å². The molecule has 0 bridgehead atoms. The maximum Gasteiger partial charge on any atom is 0.136 e. The van der Waals surface area contributed by atoms with Crippen molar-refractivity contribution >= 4 is 44.0 Å². The lowest BCUT2D eigenvalue weighted by molar-refractivity contribution is 0.487. The molecule has 0 atom stereocenters. The van der Waals surface area contributed by atoms with Crippen molar-refractivity contribution in [3.63, 3.8) is 0 Å². The van der Waals surface area contributed by atoms with Crippen LogP contribution >= 0.6 is 11.3 Å². The van der Waals surface area contributed by atoms with Crippen LogP contribution in [0, 0.1) is 0 Å². The van der Waals surface area contributed by atoms with E-state index in [2.05, 4.69) is 84.9 Å². The first-order valence-corrected chi connectivity index (χ1v) is 12.5. The fourth-order valence-electron chi connectivity index (χ4n) is 5.26. The minimum Gasteiger partial charge on any atom is -0.456 e. The maximum atomic E-state index is 6.21. The van der Waals surface area contributed by atoms with Gasteiger partial charge in [0.1, 0.15) is 22.7 Å². The fourth-order valence-corrected chi connectivity index (χ4v) is 6.25. The number of hydrogen-bond acceptors (Lipinski definition) is 3. The Labute approximate surface area is 205 Å². The van der Waals surface area contributed by atoms with Gasteiger partial charge in [-0.1, -0.05) is 54.6 Å². The molecule has 3 heterocycles. The molecule has 8 rings (SSSR count). The minimum absolute atomic E-state index is 0.913. The number of thiophene rings is 1. The molecule has 0 amide bonds. The monoisotopic (exact) mass is 466 g/mol. The van der Waals surface area contributed by atoms with Gasteiger partial charge in [-0.3, -0.25) is 0 Å². The Balaban J connectivity index is 1.27. The van der Waals surface area contributed by atoms with E-state index in [0.717, 1.165) is 39.0 Å². The average Bonchev–Trinajstić information content (AvgIpc) is 3.54. The molecular weight excluding hydrogens is 448 g/mol. The van der Waals surface area contributed by atoms with Crippen molar-refractivity contribution in [2.45, 2.75) is 0 Å². The highest BCUT2D eigenvalue weighted by Crippen LogP contribution is 2.48. The van der Waals surface area contributed by atoms with Crippen LogP contribution in [-0.4, -0.2) is 0 Å². The predicted octanol–water partition coefficient (Wildman–Crippen LogP) is 9.91. The summed E-state index contributed by atoms with van der Waals surface area (Å²) in [5, 5.41) is 4.70. The molecular formula is C32H18O2S. The number of rotatable bonds is 2. The van der Waals surface area contributed by atoms with Crippen molar-refractivity contribution in [2.75, 3.05) is 0 Å². The summed E-state index contributed by atoms with van der Waals surface area (Å²) in [5.41, 5.74) is 6.63. The number of fused-ring (bicyclic) bond motifs is 5. The summed E-state index contributed by atoms with van der Waals surface area (Å²) in [7, 11) is 0. The van der Waals surface area contributed by atoms with Crippen molar-refractivity contribution in [3.8, 4) is 43.5 Å². The molecule has 2 aromatic heterocycles. The van der Waals surface area contributed by atoms with Crippen molar-refractivity contribution in [1.82, 2.24) is 0 Å². The molecule has 1 aliphatic rings. The molecule has 5 aromatic carbocycles. The van der Waals surface area contributed by atoms with Gasteiger partial charge in [-0.25, -0.2) is 0 Å². The van der Waals surface area contributed by atoms with E-state index >= 15 is 0 Å². The Morgan fingerprint density at radius 3 is 2.29 bits per heavy atom. The van der Waals surface area contributed by atoms with Gasteiger partial charge in [0.05, 0.1) is 0 Å². The topological polar surface area (TPSA) is 22.4 Å². The molecule has 164 valence electrons. The summed E-state index contributed by atoms with van der Waals surface area (Å²) in [6.45, 7) is 0.